The molecule has 0 saturated heterocycles. The van der Waals surface area contributed by atoms with Crippen molar-refractivity contribution in [2.24, 2.45) is 5.73 Å². The molecule has 0 radical (unpaired) electrons. The molecule has 1 aromatic heterocycles. The molecule has 0 bridgehead atoms. The van der Waals surface area contributed by atoms with Crippen molar-refractivity contribution >= 4 is 11.3 Å². The summed E-state index contributed by atoms with van der Waals surface area (Å²) in [6.07, 6.45) is 6.84. The third kappa shape index (κ3) is 3.11. The van der Waals surface area contributed by atoms with Gasteiger partial charge in [0.15, 0.2) is 0 Å². The maximum Gasteiger partial charge on any atom is 0.0897 e. The first-order valence-electron chi connectivity index (χ1n) is 6.97. The predicted molar refractivity (Wildman–Crippen MR) is 76.0 cm³/mol. The third-order valence-corrected chi connectivity index (χ3v) is 4.73. The second-order valence-corrected chi connectivity index (χ2v) is 6.29. The number of thiazole rings is 1. The molecule has 0 amide bonds. The number of aryl methyl sites for hydroxylation is 1. The first kappa shape index (κ1) is 14.0. The van der Waals surface area contributed by atoms with Crippen LogP contribution in [0.15, 0.2) is 5.38 Å². The Labute approximate surface area is 114 Å². The SMILES string of the molecule is CCOC1(C(N)Cc2csc(C)n2)CCCCC1. The van der Waals surface area contributed by atoms with Gasteiger partial charge in [-0.1, -0.05) is 19.3 Å². The van der Waals surface area contributed by atoms with Gasteiger partial charge in [-0.15, -0.1) is 11.3 Å². The lowest BCUT2D eigenvalue weighted by Gasteiger charge is -2.41. The van der Waals surface area contributed by atoms with E-state index < -0.39 is 0 Å². The van der Waals surface area contributed by atoms with Crippen LogP contribution in [0.5, 0.6) is 0 Å². The number of nitrogens with two attached hydrogens (primary N) is 1. The van der Waals surface area contributed by atoms with Gasteiger partial charge in [-0.2, -0.15) is 0 Å². The molecule has 102 valence electrons. The average Bonchev–Trinajstić information content (AvgIpc) is 2.76. The Morgan fingerprint density at radius 3 is 2.72 bits per heavy atom. The second-order valence-electron chi connectivity index (χ2n) is 5.23. The monoisotopic (exact) mass is 268 g/mol. The van der Waals surface area contributed by atoms with Gasteiger partial charge >= 0.3 is 0 Å². The summed E-state index contributed by atoms with van der Waals surface area (Å²) in [6, 6.07) is 0.0687. The van der Waals surface area contributed by atoms with E-state index in [1.165, 1.54) is 19.3 Å². The fourth-order valence-corrected chi connectivity index (χ4v) is 3.60. The Bertz CT molecular complexity index is 366. The summed E-state index contributed by atoms with van der Waals surface area (Å²) in [6.45, 7) is 4.86. The van der Waals surface area contributed by atoms with Gasteiger partial charge in [-0.05, 0) is 26.7 Å². The third-order valence-electron chi connectivity index (χ3n) is 3.90. The molecule has 4 heteroatoms. The summed E-state index contributed by atoms with van der Waals surface area (Å²) in [5.41, 5.74) is 7.46. The molecule has 1 aliphatic carbocycles. The first-order chi connectivity index (χ1) is 8.66. The second kappa shape index (κ2) is 6.13. The summed E-state index contributed by atoms with van der Waals surface area (Å²) >= 11 is 1.70. The van der Waals surface area contributed by atoms with E-state index in [0.717, 1.165) is 36.6 Å². The van der Waals surface area contributed by atoms with E-state index in [9.17, 15) is 0 Å². The topological polar surface area (TPSA) is 48.1 Å². The first-order valence-corrected chi connectivity index (χ1v) is 7.85. The van der Waals surface area contributed by atoms with Gasteiger partial charge in [0.2, 0.25) is 0 Å². The molecule has 1 aliphatic rings. The van der Waals surface area contributed by atoms with Crippen LogP contribution in [0.25, 0.3) is 0 Å². The van der Waals surface area contributed by atoms with Crippen molar-refractivity contribution in [1.82, 2.24) is 4.98 Å². The minimum atomic E-state index is -0.107. The summed E-state index contributed by atoms with van der Waals surface area (Å²) in [5.74, 6) is 0. The molecule has 1 aromatic rings. The van der Waals surface area contributed by atoms with Crippen LogP contribution in [0.3, 0.4) is 0 Å². The van der Waals surface area contributed by atoms with E-state index in [1.54, 1.807) is 11.3 Å². The van der Waals surface area contributed by atoms with Crippen LogP contribution in [-0.2, 0) is 11.2 Å². The van der Waals surface area contributed by atoms with Crippen LogP contribution in [0.4, 0.5) is 0 Å². The van der Waals surface area contributed by atoms with Crippen LogP contribution >= 0.6 is 11.3 Å². The van der Waals surface area contributed by atoms with E-state index in [1.807, 2.05) is 6.92 Å². The highest BCUT2D eigenvalue weighted by molar-refractivity contribution is 7.09. The Hall–Kier alpha value is -0.450. The van der Waals surface area contributed by atoms with Crippen molar-refractivity contribution in [3.8, 4) is 0 Å². The lowest BCUT2D eigenvalue weighted by molar-refractivity contribution is -0.0819. The van der Waals surface area contributed by atoms with Gasteiger partial charge in [0, 0.05) is 24.4 Å². The zero-order valence-electron chi connectivity index (χ0n) is 11.4. The van der Waals surface area contributed by atoms with Gasteiger partial charge < -0.3 is 10.5 Å². The Morgan fingerprint density at radius 2 is 2.17 bits per heavy atom. The van der Waals surface area contributed by atoms with Gasteiger partial charge in [0.05, 0.1) is 16.3 Å². The minimum Gasteiger partial charge on any atom is -0.374 e. The van der Waals surface area contributed by atoms with E-state index in [-0.39, 0.29) is 11.6 Å². The van der Waals surface area contributed by atoms with Crippen LogP contribution < -0.4 is 5.73 Å². The number of hydrogen-bond acceptors (Lipinski definition) is 4. The van der Waals surface area contributed by atoms with Crippen molar-refractivity contribution in [3.63, 3.8) is 0 Å². The molecule has 18 heavy (non-hydrogen) atoms. The smallest absolute Gasteiger partial charge is 0.0897 e. The van der Waals surface area contributed by atoms with Crippen LogP contribution in [0.2, 0.25) is 0 Å². The lowest BCUT2D eigenvalue weighted by Crippen LogP contribution is -2.52. The summed E-state index contributed by atoms with van der Waals surface area (Å²) in [7, 11) is 0. The highest BCUT2D eigenvalue weighted by Crippen LogP contribution is 2.35. The van der Waals surface area contributed by atoms with Crippen LogP contribution in [0.1, 0.15) is 49.7 Å². The number of rotatable bonds is 5. The molecule has 1 saturated carbocycles. The predicted octanol–water partition coefficient (Wildman–Crippen LogP) is 3.06. The van der Waals surface area contributed by atoms with Gasteiger partial charge in [0.1, 0.15) is 0 Å². The zero-order valence-corrected chi connectivity index (χ0v) is 12.3. The molecule has 1 heterocycles. The number of hydrogen-bond donors (Lipinski definition) is 1. The van der Waals surface area contributed by atoms with E-state index >= 15 is 0 Å². The Kier molecular flexibility index (Phi) is 4.76. The summed E-state index contributed by atoms with van der Waals surface area (Å²) in [4.78, 5) is 4.52. The maximum atomic E-state index is 6.45. The molecule has 2 N–H and O–H groups in total. The van der Waals surface area contributed by atoms with Crippen LogP contribution in [0, 0.1) is 6.92 Å². The molecule has 1 unspecified atom stereocenters. The van der Waals surface area contributed by atoms with E-state index in [0.29, 0.717) is 0 Å². The van der Waals surface area contributed by atoms with Crippen molar-refractivity contribution in [3.05, 3.63) is 16.1 Å². The Balaban J connectivity index is 2.05. The van der Waals surface area contributed by atoms with Crippen molar-refractivity contribution < 1.29 is 4.74 Å². The molecular weight excluding hydrogens is 244 g/mol. The maximum absolute atomic E-state index is 6.45. The van der Waals surface area contributed by atoms with Crippen molar-refractivity contribution in [1.29, 1.82) is 0 Å². The fourth-order valence-electron chi connectivity index (χ4n) is 2.97. The molecule has 0 aliphatic heterocycles. The molecule has 0 spiro atoms. The molecule has 3 nitrogen and oxygen atoms in total. The average molecular weight is 268 g/mol. The Morgan fingerprint density at radius 1 is 1.44 bits per heavy atom. The van der Waals surface area contributed by atoms with Gasteiger partial charge in [-0.25, -0.2) is 4.98 Å². The van der Waals surface area contributed by atoms with Crippen molar-refractivity contribution in [2.45, 2.75) is 64.0 Å². The zero-order chi connectivity index (χ0) is 13.0. The largest absolute Gasteiger partial charge is 0.374 e. The summed E-state index contributed by atoms with van der Waals surface area (Å²) < 4.78 is 6.06. The highest BCUT2D eigenvalue weighted by atomic mass is 32.1. The highest BCUT2D eigenvalue weighted by Gasteiger charge is 2.38. The lowest BCUT2D eigenvalue weighted by atomic mass is 9.78. The summed E-state index contributed by atoms with van der Waals surface area (Å²) in [5, 5.41) is 3.24. The standard InChI is InChI=1S/C14H24N2OS/c1-3-17-14(7-5-4-6-8-14)13(15)9-12-10-18-11(2)16-12/h10,13H,3-9,15H2,1-2H3. The number of aromatic nitrogens is 1. The molecule has 0 aromatic carbocycles. The molecule has 2 rings (SSSR count). The van der Waals surface area contributed by atoms with Crippen molar-refractivity contribution in [2.75, 3.05) is 6.61 Å². The quantitative estimate of drug-likeness (QED) is 0.893. The number of nitrogens with zero attached hydrogens (tertiary/aromatic N) is 1. The van der Waals surface area contributed by atoms with Crippen LogP contribution in [-0.4, -0.2) is 23.2 Å². The molecule has 1 fully saturated rings. The fraction of sp³-hybridized carbons (Fsp3) is 0.786. The van der Waals surface area contributed by atoms with E-state index in [2.05, 4.69) is 17.3 Å². The molecule has 1 atom stereocenters. The minimum absolute atomic E-state index is 0.0687. The van der Waals surface area contributed by atoms with E-state index in [4.69, 9.17) is 10.5 Å². The van der Waals surface area contributed by atoms with Gasteiger partial charge in [0.25, 0.3) is 0 Å². The number of ether oxygens (including phenoxy) is 1. The normalized spacial score (nSPS) is 20.8. The van der Waals surface area contributed by atoms with Gasteiger partial charge in [-0.3, -0.25) is 0 Å². The molecular formula is C14H24N2OS.